The largest absolute Gasteiger partial charge is 0.373 e. The lowest BCUT2D eigenvalue weighted by molar-refractivity contribution is 0.0909. The quantitative estimate of drug-likeness (QED) is 0.851. The molecule has 1 fully saturated rings. The first kappa shape index (κ1) is 16.4. The number of nitrogens with one attached hydrogen (secondary N) is 2. The molecule has 1 aromatic heterocycles. The van der Waals surface area contributed by atoms with E-state index in [0.29, 0.717) is 26.2 Å². The van der Waals surface area contributed by atoms with Gasteiger partial charge in [-0.1, -0.05) is 12.1 Å². The summed E-state index contributed by atoms with van der Waals surface area (Å²) in [7, 11) is 0. The Kier molecular flexibility index (Phi) is 5.43. The molecule has 2 N–H and O–H groups in total. The van der Waals surface area contributed by atoms with E-state index in [9.17, 15) is 9.18 Å². The average Bonchev–Trinajstić information content (AvgIpc) is 3.25. The molecule has 24 heavy (non-hydrogen) atoms. The Morgan fingerprint density at radius 2 is 2.17 bits per heavy atom. The van der Waals surface area contributed by atoms with Crippen molar-refractivity contribution in [3.63, 3.8) is 0 Å². The van der Waals surface area contributed by atoms with E-state index in [1.807, 2.05) is 10.8 Å². The molecule has 1 aliphatic rings. The second-order valence-corrected chi connectivity index (χ2v) is 5.83. The van der Waals surface area contributed by atoms with Gasteiger partial charge < -0.3 is 19.9 Å². The highest BCUT2D eigenvalue weighted by Gasteiger charge is 2.29. The third-order valence-corrected chi connectivity index (χ3v) is 4.15. The zero-order valence-electron chi connectivity index (χ0n) is 13.3. The predicted octanol–water partition coefficient (Wildman–Crippen LogP) is 2.10. The Labute approximate surface area is 140 Å². The highest BCUT2D eigenvalue weighted by molar-refractivity contribution is 5.73. The molecular formula is C17H21FN4O2. The molecule has 0 saturated carbocycles. The lowest BCUT2D eigenvalue weighted by atomic mass is 9.95. The number of amides is 2. The third-order valence-electron chi connectivity index (χ3n) is 4.15. The van der Waals surface area contributed by atoms with Crippen LogP contribution in [0.3, 0.4) is 0 Å². The Hall–Kier alpha value is -2.41. The highest BCUT2D eigenvalue weighted by atomic mass is 19.1. The number of rotatable bonds is 6. The molecule has 2 atom stereocenters. The second-order valence-electron chi connectivity index (χ2n) is 5.83. The van der Waals surface area contributed by atoms with Crippen LogP contribution in [0.25, 0.3) is 0 Å². The molecule has 3 rings (SSSR count). The number of benzene rings is 1. The topological polar surface area (TPSA) is 68.2 Å². The van der Waals surface area contributed by atoms with Crippen LogP contribution in [0.1, 0.15) is 18.1 Å². The smallest absolute Gasteiger partial charge is 0.314 e. The van der Waals surface area contributed by atoms with Gasteiger partial charge >= 0.3 is 6.03 Å². The molecule has 0 spiro atoms. The molecular weight excluding hydrogens is 311 g/mol. The second kappa shape index (κ2) is 7.92. The molecule has 2 heterocycles. The molecule has 6 nitrogen and oxygen atoms in total. The van der Waals surface area contributed by atoms with Crippen molar-refractivity contribution in [2.45, 2.75) is 19.1 Å². The molecule has 2 amide bonds. The summed E-state index contributed by atoms with van der Waals surface area (Å²) in [5.74, 6) is -0.0708. The van der Waals surface area contributed by atoms with Crippen LogP contribution in [0.4, 0.5) is 9.18 Å². The number of hydrogen-bond donors (Lipinski definition) is 2. The molecule has 2 aromatic rings. The van der Waals surface area contributed by atoms with Gasteiger partial charge in [0.05, 0.1) is 12.4 Å². The minimum absolute atomic E-state index is 0.100. The standard InChI is InChI=1S/C17H21FN4O2/c18-15-3-1-13(2-4-15)16-14(5-10-24-16)11-21-17(23)20-7-9-22-8-6-19-12-22/h1-4,6,8,12,14,16H,5,7,9-11H2,(H2,20,21,23)/t14-,16-/m0/s1. The van der Waals surface area contributed by atoms with Gasteiger partial charge in [-0.2, -0.15) is 0 Å². The van der Waals surface area contributed by atoms with E-state index >= 15 is 0 Å². The van der Waals surface area contributed by atoms with Crippen LogP contribution >= 0.6 is 0 Å². The number of halogens is 1. The monoisotopic (exact) mass is 332 g/mol. The van der Waals surface area contributed by atoms with Crippen LogP contribution in [-0.2, 0) is 11.3 Å². The summed E-state index contributed by atoms with van der Waals surface area (Å²) in [6.07, 6.45) is 6.04. The van der Waals surface area contributed by atoms with E-state index in [4.69, 9.17) is 4.74 Å². The van der Waals surface area contributed by atoms with Crippen LogP contribution in [0.15, 0.2) is 43.0 Å². The fourth-order valence-corrected chi connectivity index (χ4v) is 2.87. The first-order valence-electron chi connectivity index (χ1n) is 8.07. The Balaban J connectivity index is 1.43. The van der Waals surface area contributed by atoms with Gasteiger partial charge in [0.25, 0.3) is 0 Å². The lowest BCUT2D eigenvalue weighted by Crippen LogP contribution is -2.40. The van der Waals surface area contributed by atoms with Crippen molar-refractivity contribution in [2.24, 2.45) is 5.92 Å². The van der Waals surface area contributed by atoms with Crippen LogP contribution in [0, 0.1) is 11.7 Å². The summed E-state index contributed by atoms with van der Waals surface area (Å²) in [5.41, 5.74) is 0.946. The number of carbonyl (C=O) groups is 1. The maximum Gasteiger partial charge on any atom is 0.314 e. The van der Waals surface area contributed by atoms with Gasteiger partial charge in [0.2, 0.25) is 0 Å². The van der Waals surface area contributed by atoms with Gasteiger partial charge in [-0.25, -0.2) is 14.2 Å². The first-order valence-corrected chi connectivity index (χ1v) is 8.07. The van der Waals surface area contributed by atoms with Crippen molar-refractivity contribution in [3.8, 4) is 0 Å². The average molecular weight is 332 g/mol. The molecule has 1 saturated heterocycles. The minimum Gasteiger partial charge on any atom is -0.373 e. The molecule has 7 heteroatoms. The van der Waals surface area contributed by atoms with Crippen LogP contribution in [0.5, 0.6) is 0 Å². The molecule has 0 bridgehead atoms. The summed E-state index contributed by atoms with van der Waals surface area (Å²) >= 11 is 0. The van der Waals surface area contributed by atoms with E-state index in [2.05, 4.69) is 15.6 Å². The van der Waals surface area contributed by atoms with E-state index in [0.717, 1.165) is 12.0 Å². The van der Waals surface area contributed by atoms with Gasteiger partial charge in [-0.3, -0.25) is 0 Å². The fraction of sp³-hybridized carbons (Fsp3) is 0.412. The summed E-state index contributed by atoms with van der Waals surface area (Å²) in [4.78, 5) is 15.8. The van der Waals surface area contributed by atoms with Gasteiger partial charge in [0.15, 0.2) is 0 Å². The van der Waals surface area contributed by atoms with E-state index < -0.39 is 0 Å². The molecule has 0 unspecified atom stereocenters. The SMILES string of the molecule is O=C(NCCn1ccnc1)NC[C@@H]1CCO[C@H]1c1ccc(F)cc1. The van der Waals surface area contributed by atoms with Crippen LogP contribution in [0.2, 0.25) is 0 Å². The number of ether oxygens (including phenoxy) is 1. The van der Waals surface area contributed by atoms with Crippen molar-refractivity contribution >= 4 is 6.03 Å². The number of carbonyl (C=O) groups excluding carboxylic acids is 1. The van der Waals surface area contributed by atoms with Crippen molar-refractivity contribution in [1.82, 2.24) is 20.2 Å². The third kappa shape index (κ3) is 4.32. The van der Waals surface area contributed by atoms with E-state index in [1.165, 1.54) is 12.1 Å². The van der Waals surface area contributed by atoms with Crippen molar-refractivity contribution in [1.29, 1.82) is 0 Å². The van der Waals surface area contributed by atoms with Gasteiger partial charge in [-0.15, -0.1) is 0 Å². The van der Waals surface area contributed by atoms with E-state index in [-0.39, 0.29) is 23.9 Å². The first-order chi connectivity index (χ1) is 11.7. The highest BCUT2D eigenvalue weighted by Crippen LogP contribution is 2.34. The summed E-state index contributed by atoms with van der Waals surface area (Å²) in [5, 5.41) is 5.70. The summed E-state index contributed by atoms with van der Waals surface area (Å²) in [6, 6.07) is 6.15. The Bertz CT molecular complexity index is 645. The number of urea groups is 1. The fourth-order valence-electron chi connectivity index (χ4n) is 2.87. The Morgan fingerprint density at radius 1 is 1.33 bits per heavy atom. The summed E-state index contributed by atoms with van der Waals surface area (Å²) < 4.78 is 20.7. The maximum atomic E-state index is 13.0. The number of nitrogens with zero attached hydrogens (tertiary/aromatic N) is 2. The molecule has 1 aliphatic heterocycles. The van der Waals surface area contributed by atoms with Gasteiger partial charge in [0, 0.05) is 44.6 Å². The molecule has 128 valence electrons. The number of imidazole rings is 1. The predicted molar refractivity (Wildman–Crippen MR) is 86.8 cm³/mol. The number of aromatic nitrogens is 2. The van der Waals surface area contributed by atoms with Gasteiger partial charge in [-0.05, 0) is 24.1 Å². The molecule has 1 aromatic carbocycles. The maximum absolute atomic E-state index is 13.0. The van der Waals surface area contributed by atoms with Crippen LogP contribution in [-0.4, -0.2) is 35.3 Å². The summed E-state index contributed by atoms with van der Waals surface area (Å²) in [6.45, 7) is 2.39. The van der Waals surface area contributed by atoms with Gasteiger partial charge in [0.1, 0.15) is 5.82 Å². The van der Waals surface area contributed by atoms with Crippen molar-refractivity contribution < 1.29 is 13.9 Å². The van der Waals surface area contributed by atoms with Crippen LogP contribution < -0.4 is 10.6 Å². The number of hydrogen-bond acceptors (Lipinski definition) is 3. The lowest BCUT2D eigenvalue weighted by Gasteiger charge is -2.19. The zero-order chi connectivity index (χ0) is 16.8. The van der Waals surface area contributed by atoms with Crippen molar-refractivity contribution in [2.75, 3.05) is 19.7 Å². The Morgan fingerprint density at radius 3 is 2.92 bits per heavy atom. The zero-order valence-corrected chi connectivity index (χ0v) is 13.3. The normalized spacial score (nSPS) is 20.0. The molecule has 0 radical (unpaired) electrons. The molecule has 0 aliphatic carbocycles. The minimum atomic E-state index is -0.260. The van der Waals surface area contributed by atoms with E-state index in [1.54, 1.807) is 24.7 Å². The van der Waals surface area contributed by atoms with Crippen molar-refractivity contribution in [3.05, 3.63) is 54.4 Å².